The molecule has 0 aliphatic carbocycles. The molecule has 0 bridgehead atoms. The fourth-order valence-corrected chi connectivity index (χ4v) is 1.32. The first-order valence-electron chi connectivity index (χ1n) is 3.75. The molecule has 0 saturated carbocycles. The Morgan fingerprint density at radius 1 is 1.22 bits per heavy atom. The highest BCUT2D eigenvalue weighted by Gasteiger charge is 2.32. The number of hydrogen-bond acceptors (Lipinski definition) is 0. The first-order chi connectivity index (χ1) is 4.13. The summed E-state index contributed by atoms with van der Waals surface area (Å²) in [5.74, 6) is 0. The van der Waals surface area contributed by atoms with Crippen LogP contribution < -0.4 is 0 Å². The second-order valence-electron chi connectivity index (χ2n) is 3.56. The van der Waals surface area contributed by atoms with Gasteiger partial charge in [0.1, 0.15) is 13.7 Å². The SMILES string of the molecule is C[O+]1CCCCC1(C)C. The van der Waals surface area contributed by atoms with Crippen LogP contribution in [-0.2, 0) is 4.37 Å². The summed E-state index contributed by atoms with van der Waals surface area (Å²) in [5, 5.41) is 0. The van der Waals surface area contributed by atoms with Gasteiger partial charge < -0.3 is 4.37 Å². The summed E-state index contributed by atoms with van der Waals surface area (Å²) in [7, 11) is 2.14. The molecule has 0 spiro atoms. The van der Waals surface area contributed by atoms with Gasteiger partial charge in [0.2, 0.25) is 0 Å². The molecule has 1 saturated heterocycles. The van der Waals surface area contributed by atoms with Gasteiger partial charge in [-0.1, -0.05) is 0 Å². The van der Waals surface area contributed by atoms with Crippen molar-refractivity contribution in [1.29, 1.82) is 0 Å². The molecule has 0 N–H and O–H groups in total. The lowest BCUT2D eigenvalue weighted by Gasteiger charge is -2.35. The van der Waals surface area contributed by atoms with E-state index < -0.39 is 0 Å². The lowest BCUT2D eigenvalue weighted by atomic mass is 9.98. The second-order valence-corrected chi connectivity index (χ2v) is 3.56. The normalized spacial score (nSPS) is 28.3. The molecule has 1 heteroatoms. The Morgan fingerprint density at radius 3 is 2.22 bits per heavy atom. The Balaban J connectivity index is 2.49. The monoisotopic (exact) mass is 129 g/mol. The lowest BCUT2D eigenvalue weighted by Crippen LogP contribution is -2.38. The molecule has 54 valence electrons. The van der Waals surface area contributed by atoms with E-state index in [9.17, 15) is 0 Å². The highest BCUT2D eigenvalue weighted by atomic mass is 16.7. The average molecular weight is 129 g/mol. The van der Waals surface area contributed by atoms with Crippen LogP contribution in [-0.4, -0.2) is 19.3 Å². The highest BCUT2D eigenvalue weighted by Crippen LogP contribution is 2.28. The minimum Gasteiger partial charge on any atom is -0.420 e. The van der Waals surface area contributed by atoms with Gasteiger partial charge in [-0.15, -0.1) is 0 Å². The van der Waals surface area contributed by atoms with E-state index in [4.69, 9.17) is 0 Å². The van der Waals surface area contributed by atoms with Gasteiger partial charge in [-0.2, -0.15) is 0 Å². The molecule has 1 aliphatic rings. The molecule has 0 unspecified atom stereocenters. The molecule has 0 radical (unpaired) electrons. The summed E-state index contributed by atoms with van der Waals surface area (Å²) in [6.45, 7) is 5.78. The van der Waals surface area contributed by atoms with Crippen molar-refractivity contribution in [3.05, 3.63) is 0 Å². The predicted octanol–water partition coefficient (Wildman–Crippen LogP) is 2.13. The van der Waals surface area contributed by atoms with Crippen LogP contribution in [0.1, 0.15) is 33.1 Å². The van der Waals surface area contributed by atoms with E-state index in [1.165, 1.54) is 25.9 Å². The quantitative estimate of drug-likeness (QED) is 0.441. The Kier molecular flexibility index (Phi) is 1.80. The van der Waals surface area contributed by atoms with Gasteiger partial charge in [0.25, 0.3) is 0 Å². The van der Waals surface area contributed by atoms with Gasteiger partial charge in [0.05, 0.1) is 0 Å². The van der Waals surface area contributed by atoms with E-state index in [1.807, 2.05) is 0 Å². The molecule has 0 aromatic rings. The van der Waals surface area contributed by atoms with Crippen LogP contribution in [0.3, 0.4) is 0 Å². The zero-order valence-electron chi connectivity index (χ0n) is 6.74. The summed E-state index contributed by atoms with van der Waals surface area (Å²) >= 11 is 0. The summed E-state index contributed by atoms with van der Waals surface area (Å²) in [5.41, 5.74) is 0.387. The maximum Gasteiger partial charge on any atom is 0.159 e. The van der Waals surface area contributed by atoms with Gasteiger partial charge >= 0.3 is 0 Å². The van der Waals surface area contributed by atoms with E-state index in [1.54, 1.807) is 0 Å². The molecule has 1 aliphatic heterocycles. The van der Waals surface area contributed by atoms with Crippen LogP contribution in [0.5, 0.6) is 0 Å². The minimum absolute atomic E-state index is 0.387. The second kappa shape index (κ2) is 2.30. The zero-order chi connectivity index (χ0) is 6.91. The van der Waals surface area contributed by atoms with Gasteiger partial charge in [-0.05, 0) is 6.42 Å². The van der Waals surface area contributed by atoms with Crippen molar-refractivity contribution >= 4 is 0 Å². The maximum absolute atomic E-state index is 3.21. The van der Waals surface area contributed by atoms with Gasteiger partial charge in [-0.25, -0.2) is 0 Å². The summed E-state index contributed by atoms with van der Waals surface area (Å²) in [6.07, 6.45) is 4.07. The van der Waals surface area contributed by atoms with Crippen LogP contribution in [0.25, 0.3) is 0 Å². The van der Waals surface area contributed by atoms with Crippen molar-refractivity contribution in [1.82, 2.24) is 0 Å². The third-order valence-electron chi connectivity index (χ3n) is 2.42. The van der Waals surface area contributed by atoms with E-state index >= 15 is 0 Å². The molecular formula is C8H17O+. The molecule has 1 fully saturated rings. The van der Waals surface area contributed by atoms with Gasteiger partial charge in [0.15, 0.2) is 5.60 Å². The number of hydrogen-bond donors (Lipinski definition) is 0. The first-order valence-corrected chi connectivity index (χ1v) is 3.75. The zero-order valence-corrected chi connectivity index (χ0v) is 6.74. The molecule has 0 aromatic carbocycles. The lowest BCUT2D eigenvalue weighted by molar-refractivity contribution is -0.228. The van der Waals surface area contributed by atoms with E-state index in [0.29, 0.717) is 5.60 Å². The van der Waals surface area contributed by atoms with Crippen molar-refractivity contribution in [2.75, 3.05) is 13.7 Å². The Labute approximate surface area is 57.7 Å². The highest BCUT2D eigenvalue weighted by molar-refractivity contribution is 4.74. The van der Waals surface area contributed by atoms with Crippen LogP contribution in [0.2, 0.25) is 0 Å². The van der Waals surface area contributed by atoms with Crippen molar-refractivity contribution in [3.63, 3.8) is 0 Å². The van der Waals surface area contributed by atoms with Gasteiger partial charge in [0, 0.05) is 26.7 Å². The Morgan fingerprint density at radius 2 is 1.89 bits per heavy atom. The summed E-state index contributed by atoms with van der Waals surface area (Å²) in [4.78, 5) is 0. The fourth-order valence-electron chi connectivity index (χ4n) is 1.32. The smallest absolute Gasteiger partial charge is 0.159 e. The molecule has 0 aromatic heterocycles. The first kappa shape index (κ1) is 7.07. The van der Waals surface area contributed by atoms with E-state index in [-0.39, 0.29) is 0 Å². The molecule has 1 nitrogen and oxygen atoms in total. The third kappa shape index (κ3) is 1.45. The molecule has 0 atom stereocenters. The van der Waals surface area contributed by atoms with E-state index in [2.05, 4.69) is 25.3 Å². The minimum atomic E-state index is 0.387. The van der Waals surface area contributed by atoms with Crippen LogP contribution in [0, 0.1) is 0 Å². The molecular weight excluding hydrogens is 112 g/mol. The third-order valence-corrected chi connectivity index (χ3v) is 2.42. The molecule has 9 heavy (non-hydrogen) atoms. The van der Waals surface area contributed by atoms with E-state index in [0.717, 1.165) is 0 Å². The van der Waals surface area contributed by atoms with Crippen LogP contribution in [0.4, 0.5) is 0 Å². The van der Waals surface area contributed by atoms with Crippen LogP contribution >= 0.6 is 0 Å². The maximum atomic E-state index is 3.21. The standard InChI is InChI=1S/C8H17O/c1-8(2)6-4-5-7-9(8)3/h4-7H2,1-3H3/q+1. The number of rotatable bonds is 0. The molecule has 1 heterocycles. The fraction of sp³-hybridized carbons (Fsp3) is 1.00. The average Bonchev–Trinajstić information content (AvgIpc) is 1.77. The van der Waals surface area contributed by atoms with Crippen molar-refractivity contribution in [2.45, 2.75) is 38.7 Å². The Hall–Kier alpha value is -0.0400. The molecule has 1 rings (SSSR count). The summed E-state index contributed by atoms with van der Waals surface area (Å²) < 4.78 is 3.21. The van der Waals surface area contributed by atoms with Gasteiger partial charge in [-0.3, -0.25) is 0 Å². The molecule has 0 amide bonds. The Bertz CT molecular complexity index is 96.7. The van der Waals surface area contributed by atoms with Crippen molar-refractivity contribution in [3.8, 4) is 0 Å². The largest absolute Gasteiger partial charge is 0.420 e. The van der Waals surface area contributed by atoms with Crippen molar-refractivity contribution < 1.29 is 4.37 Å². The van der Waals surface area contributed by atoms with Crippen LogP contribution in [0.15, 0.2) is 0 Å². The topological polar surface area (TPSA) is 2.70 Å². The van der Waals surface area contributed by atoms with Crippen molar-refractivity contribution in [2.24, 2.45) is 0 Å². The summed E-state index contributed by atoms with van der Waals surface area (Å²) in [6, 6.07) is 0. The predicted molar refractivity (Wildman–Crippen MR) is 39.8 cm³/mol.